The molecule has 0 aliphatic heterocycles. The molecular formula is C10H9N3O3. The van der Waals surface area contributed by atoms with Crippen LogP contribution < -0.4 is 4.74 Å². The highest BCUT2D eigenvalue weighted by Gasteiger charge is 2.05. The molecule has 0 fully saturated rings. The van der Waals surface area contributed by atoms with Crippen LogP contribution >= 0.6 is 0 Å². The van der Waals surface area contributed by atoms with Gasteiger partial charge in [-0.05, 0) is 12.1 Å². The number of methoxy groups -OCH3 is 1. The molecule has 0 amide bonds. The normalized spacial score (nSPS) is 11.1. The minimum Gasteiger partial charge on any atom is -0.496 e. The van der Waals surface area contributed by atoms with Crippen LogP contribution in [0.2, 0.25) is 0 Å². The molecule has 0 aromatic carbocycles. The zero-order valence-electron chi connectivity index (χ0n) is 8.51. The third-order valence-corrected chi connectivity index (χ3v) is 2.11. The summed E-state index contributed by atoms with van der Waals surface area (Å²) in [5.74, 6) is 0.682. The molecule has 0 saturated carbocycles. The van der Waals surface area contributed by atoms with Crippen LogP contribution in [0, 0.1) is 10.1 Å². The van der Waals surface area contributed by atoms with Crippen LogP contribution in [0.25, 0.3) is 17.1 Å². The monoisotopic (exact) mass is 219 g/mol. The van der Waals surface area contributed by atoms with Crippen LogP contribution in [0.4, 0.5) is 0 Å². The average molecular weight is 219 g/mol. The minimum absolute atomic E-state index is 0.518. The van der Waals surface area contributed by atoms with E-state index in [9.17, 15) is 10.1 Å². The third-order valence-electron chi connectivity index (χ3n) is 2.11. The summed E-state index contributed by atoms with van der Waals surface area (Å²) in [7, 11) is 1.56. The maximum atomic E-state index is 10.2. The van der Waals surface area contributed by atoms with Crippen molar-refractivity contribution in [3.05, 3.63) is 40.3 Å². The van der Waals surface area contributed by atoms with Gasteiger partial charge in [-0.2, -0.15) is 0 Å². The molecule has 6 heteroatoms. The van der Waals surface area contributed by atoms with Crippen LogP contribution in [-0.4, -0.2) is 22.0 Å². The second kappa shape index (κ2) is 4.01. The van der Waals surface area contributed by atoms with E-state index in [1.165, 1.54) is 6.08 Å². The lowest BCUT2D eigenvalue weighted by atomic mass is 10.3. The van der Waals surface area contributed by atoms with E-state index in [-0.39, 0.29) is 0 Å². The molecule has 16 heavy (non-hydrogen) atoms. The zero-order valence-corrected chi connectivity index (χ0v) is 8.51. The maximum absolute atomic E-state index is 10.2. The highest BCUT2D eigenvalue weighted by atomic mass is 16.6. The number of aromatic nitrogens is 2. The first kappa shape index (κ1) is 10.2. The topological polar surface area (TPSA) is 81.0 Å². The molecule has 82 valence electrons. The van der Waals surface area contributed by atoms with E-state index < -0.39 is 4.92 Å². The second-order valence-electron chi connectivity index (χ2n) is 3.10. The molecule has 0 saturated heterocycles. The van der Waals surface area contributed by atoms with Crippen molar-refractivity contribution in [2.45, 2.75) is 0 Å². The number of hydrogen-bond donors (Lipinski definition) is 1. The highest BCUT2D eigenvalue weighted by molar-refractivity contribution is 5.85. The molecule has 2 heterocycles. The van der Waals surface area contributed by atoms with E-state index in [0.717, 1.165) is 11.6 Å². The van der Waals surface area contributed by atoms with E-state index in [1.54, 1.807) is 25.4 Å². The van der Waals surface area contributed by atoms with Crippen molar-refractivity contribution in [3.63, 3.8) is 0 Å². The molecule has 1 N–H and O–H groups in total. The summed E-state index contributed by atoms with van der Waals surface area (Å²) in [5, 5.41) is 11.0. The van der Waals surface area contributed by atoms with E-state index in [0.29, 0.717) is 17.1 Å². The van der Waals surface area contributed by atoms with Crippen LogP contribution in [0.1, 0.15) is 5.69 Å². The fraction of sp³-hybridized carbons (Fsp3) is 0.100. The number of nitro groups is 1. The largest absolute Gasteiger partial charge is 0.496 e. The first-order valence-electron chi connectivity index (χ1n) is 4.54. The van der Waals surface area contributed by atoms with Gasteiger partial charge < -0.3 is 9.72 Å². The average Bonchev–Trinajstić information content (AvgIpc) is 2.68. The summed E-state index contributed by atoms with van der Waals surface area (Å²) < 4.78 is 5.15. The molecule has 2 aromatic heterocycles. The smallest absolute Gasteiger partial charge is 0.236 e. The summed E-state index contributed by atoms with van der Waals surface area (Å²) in [5.41, 5.74) is 1.26. The fourth-order valence-corrected chi connectivity index (χ4v) is 1.43. The number of nitrogens with zero attached hydrogens (tertiary/aromatic N) is 2. The lowest BCUT2D eigenvalue weighted by Gasteiger charge is -1.98. The third kappa shape index (κ3) is 1.85. The van der Waals surface area contributed by atoms with Gasteiger partial charge in [0.15, 0.2) is 0 Å². The van der Waals surface area contributed by atoms with Crippen LogP contribution in [0.15, 0.2) is 24.5 Å². The van der Waals surface area contributed by atoms with Crippen LogP contribution in [0.5, 0.6) is 5.75 Å². The quantitative estimate of drug-likeness (QED) is 0.630. The Kier molecular flexibility index (Phi) is 2.55. The number of rotatable bonds is 3. The Balaban J connectivity index is 2.47. The van der Waals surface area contributed by atoms with Crippen LogP contribution in [0.3, 0.4) is 0 Å². The van der Waals surface area contributed by atoms with Crippen LogP contribution in [-0.2, 0) is 0 Å². The molecular weight excluding hydrogens is 210 g/mol. The molecule has 2 aromatic rings. The van der Waals surface area contributed by atoms with Crippen molar-refractivity contribution in [2.24, 2.45) is 0 Å². The summed E-state index contributed by atoms with van der Waals surface area (Å²) in [6, 6.07) is 3.48. The van der Waals surface area contributed by atoms with E-state index >= 15 is 0 Å². The Morgan fingerprint density at radius 1 is 1.62 bits per heavy atom. The lowest BCUT2D eigenvalue weighted by Crippen LogP contribution is -1.84. The van der Waals surface area contributed by atoms with E-state index in [4.69, 9.17) is 4.74 Å². The van der Waals surface area contributed by atoms with Crippen molar-refractivity contribution in [1.29, 1.82) is 0 Å². The fourth-order valence-electron chi connectivity index (χ4n) is 1.43. The number of pyridine rings is 1. The van der Waals surface area contributed by atoms with Gasteiger partial charge in [-0.25, -0.2) is 4.98 Å². The molecule has 6 nitrogen and oxygen atoms in total. The second-order valence-corrected chi connectivity index (χ2v) is 3.10. The van der Waals surface area contributed by atoms with Crippen molar-refractivity contribution in [2.75, 3.05) is 7.11 Å². The molecule has 0 atom stereocenters. The van der Waals surface area contributed by atoms with Gasteiger partial charge in [-0.1, -0.05) is 0 Å². The number of fused-ring (bicyclic) bond motifs is 1. The van der Waals surface area contributed by atoms with Crippen molar-refractivity contribution >= 4 is 17.1 Å². The first-order valence-corrected chi connectivity index (χ1v) is 4.54. The Bertz CT molecular complexity index is 559. The minimum atomic E-state index is -0.518. The summed E-state index contributed by atoms with van der Waals surface area (Å²) in [6.07, 6.45) is 3.86. The Morgan fingerprint density at radius 3 is 3.12 bits per heavy atom. The van der Waals surface area contributed by atoms with Crippen molar-refractivity contribution in [3.8, 4) is 5.75 Å². The van der Waals surface area contributed by atoms with Crippen molar-refractivity contribution in [1.82, 2.24) is 9.97 Å². The Morgan fingerprint density at radius 2 is 2.44 bits per heavy atom. The molecule has 0 aliphatic carbocycles. The standard InChI is InChI=1S/C10H9N3O3/c1-16-9-2-4-11-10-8(9)6-7(12-10)3-5-13(14)15/h2-6H,1H3,(H,11,12)/b5-3+. The van der Waals surface area contributed by atoms with Crippen molar-refractivity contribution < 1.29 is 9.66 Å². The molecule has 0 radical (unpaired) electrons. The Labute approximate surface area is 90.7 Å². The summed E-state index contributed by atoms with van der Waals surface area (Å²) in [6.45, 7) is 0. The van der Waals surface area contributed by atoms with E-state index in [2.05, 4.69) is 9.97 Å². The molecule has 2 rings (SSSR count). The molecule has 0 aliphatic rings. The molecule has 0 spiro atoms. The van der Waals surface area contributed by atoms with Gasteiger partial charge in [-0.3, -0.25) is 10.1 Å². The van der Waals surface area contributed by atoms with Gasteiger partial charge in [0, 0.05) is 18.0 Å². The van der Waals surface area contributed by atoms with Gasteiger partial charge in [0.1, 0.15) is 11.4 Å². The van der Waals surface area contributed by atoms with E-state index in [1.807, 2.05) is 0 Å². The van der Waals surface area contributed by atoms with Gasteiger partial charge >= 0.3 is 0 Å². The summed E-state index contributed by atoms with van der Waals surface area (Å²) in [4.78, 5) is 16.7. The number of aromatic amines is 1. The number of H-pyrrole nitrogens is 1. The van der Waals surface area contributed by atoms with Gasteiger partial charge in [-0.15, -0.1) is 0 Å². The number of hydrogen-bond acceptors (Lipinski definition) is 4. The predicted octanol–water partition coefficient (Wildman–Crippen LogP) is 1.82. The summed E-state index contributed by atoms with van der Waals surface area (Å²) >= 11 is 0. The lowest BCUT2D eigenvalue weighted by molar-refractivity contribution is -0.400. The van der Waals surface area contributed by atoms with Gasteiger partial charge in [0.25, 0.3) is 0 Å². The predicted molar refractivity (Wildman–Crippen MR) is 58.7 cm³/mol. The molecule has 0 unspecified atom stereocenters. The number of ether oxygens (including phenoxy) is 1. The number of nitrogens with one attached hydrogen (secondary N) is 1. The highest BCUT2D eigenvalue weighted by Crippen LogP contribution is 2.24. The maximum Gasteiger partial charge on any atom is 0.236 e. The van der Waals surface area contributed by atoms with Gasteiger partial charge in [0.2, 0.25) is 6.20 Å². The van der Waals surface area contributed by atoms with Gasteiger partial charge in [0.05, 0.1) is 17.4 Å². The molecule has 0 bridgehead atoms. The Hall–Kier alpha value is -2.37. The first-order chi connectivity index (χ1) is 7.70. The zero-order chi connectivity index (χ0) is 11.5. The SMILES string of the molecule is COc1ccnc2[nH]c(/C=C/[N+](=O)[O-])cc12.